The Kier molecular flexibility index (Phi) is 12.2. The average molecular weight is 773 g/mol. The lowest BCUT2D eigenvalue weighted by Crippen LogP contribution is -2.41. The Balaban J connectivity index is 1.00. The van der Waals surface area contributed by atoms with E-state index < -0.39 is 30.3 Å². The number of hydrogen-bond acceptors (Lipinski definition) is 9. The van der Waals surface area contributed by atoms with E-state index in [1.165, 1.54) is 0 Å². The highest BCUT2D eigenvalue weighted by atomic mass is 32.2. The molecule has 2 saturated heterocycles. The van der Waals surface area contributed by atoms with Gasteiger partial charge in [-0.1, -0.05) is 97.1 Å². The molecule has 7 rings (SSSR count). The fourth-order valence-corrected chi connectivity index (χ4v) is 7.56. The van der Waals surface area contributed by atoms with Gasteiger partial charge in [0.1, 0.15) is 12.6 Å². The van der Waals surface area contributed by atoms with Crippen molar-refractivity contribution in [2.75, 3.05) is 5.75 Å². The molecule has 0 bridgehead atoms. The van der Waals surface area contributed by atoms with Crippen LogP contribution in [-0.4, -0.2) is 56.9 Å². The van der Waals surface area contributed by atoms with E-state index in [4.69, 9.17) is 14.2 Å². The standard InChI is InChI=1S/C44H40N2O9S/c47-25-28-9-11-32(12-10-28)39-22-36(27-56-37-19-17-33(18-20-37)42(50)51)54-43(55-39)34-15-13-31(14-16-34)35-8-4-7-30(21-35)24-46-40(48)23-38(41(46)49)45-44(52)53-26-29-5-2-1-3-6-29/h1-21,36,38-39,43,47H,22-27H2,(H,45,52)(H,50,51)/t36-,38?,39+,43+/m1/s1. The summed E-state index contributed by atoms with van der Waals surface area (Å²) in [7, 11) is 0. The van der Waals surface area contributed by atoms with Gasteiger partial charge in [0.15, 0.2) is 6.29 Å². The number of carbonyl (C=O) groups is 4. The second-order valence-electron chi connectivity index (χ2n) is 13.6. The molecule has 1 unspecified atom stereocenters. The molecule has 0 aliphatic carbocycles. The number of likely N-dealkylation sites (tertiary alicyclic amines) is 1. The molecule has 3 amide bonds. The van der Waals surface area contributed by atoms with Crippen molar-refractivity contribution in [1.82, 2.24) is 10.2 Å². The Hall–Kier alpha value is -5.79. The van der Waals surface area contributed by atoms with Gasteiger partial charge in [-0.15, -0.1) is 11.8 Å². The fraction of sp³-hybridized carbons (Fsp3) is 0.227. The van der Waals surface area contributed by atoms with Gasteiger partial charge in [-0.25, -0.2) is 9.59 Å². The van der Waals surface area contributed by atoms with Crippen molar-refractivity contribution in [1.29, 1.82) is 0 Å². The van der Waals surface area contributed by atoms with Gasteiger partial charge in [-0.05, 0) is 63.7 Å². The Morgan fingerprint density at radius 3 is 2.21 bits per heavy atom. The molecule has 286 valence electrons. The zero-order chi connectivity index (χ0) is 39.0. The van der Waals surface area contributed by atoms with Crippen LogP contribution in [0, 0.1) is 0 Å². The molecule has 2 heterocycles. The second kappa shape index (κ2) is 17.8. The predicted molar refractivity (Wildman–Crippen MR) is 208 cm³/mol. The molecule has 4 atom stereocenters. The number of carboxylic acids is 1. The number of hydrogen-bond donors (Lipinski definition) is 3. The van der Waals surface area contributed by atoms with Crippen LogP contribution in [0.2, 0.25) is 0 Å². The van der Waals surface area contributed by atoms with Gasteiger partial charge >= 0.3 is 12.1 Å². The van der Waals surface area contributed by atoms with Gasteiger partial charge < -0.3 is 29.7 Å². The van der Waals surface area contributed by atoms with Crippen LogP contribution in [0.1, 0.15) is 63.4 Å². The number of aliphatic hydroxyl groups excluding tert-OH is 1. The Morgan fingerprint density at radius 2 is 1.50 bits per heavy atom. The van der Waals surface area contributed by atoms with Crippen molar-refractivity contribution >= 4 is 35.6 Å². The molecule has 3 N–H and O–H groups in total. The summed E-state index contributed by atoms with van der Waals surface area (Å²) in [5.41, 5.74) is 6.22. The largest absolute Gasteiger partial charge is 0.478 e. The number of nitrogens with one attached hydrogen (secondary N) is 1. The maximum atomic E-state index is 13.2. The topological polar surface area (TPSA) is 152 Å². The number of carbonyl (C=O) groups excluding carboxylic acids is 3. The summed E-state index contributed by atoms with van der Waals surface area (Å²) in [6.07, 6.45) is -1.39. The zero-order valence-electron chi connectivity index (χ0n) is 30.3. The third kappa shape index (κ3) is 9.53. The maximum absolute atomic E-state index is 13.2. The van der Waals surface area contributed by atoms with Crippen molar-refractivity contribution in [2.24, 2.45) is 0 Å². The molecule has 2 fully saturated rings. The summed E-state index contributed by atoms with van der Waals surface area (Å²) in [6, 6.07) is 38.1. The quantitative estimate of drug-likeness (QED) is 0.0814. The molecule has 0 aromatic heterocycles. The SMILES string of the molecule is O=C(NC1CC(=O)N(Cc2cccc(-c3ccc([C@H]4O[C@@H](CSc5ccc(C(=O)O)cc5)C[C@@H](c5ccc(CO)cc5)O4)cc3)c2)C1=O)OCc1ccccc1. The molecular weight excluding hydrogens is 733 g/mol. The number of imide groups is 1. The highest BCUT2D eigenvalue weighted by Crippen LogP contribution is 2.40. The van der Waals surface area contributed by atoms with E-state index in [1.54, 1.807) is 36.0 Å². The molecule has 2 aliphatic rings. The van der Waals surface area contributed by atoms with E-state index in [1.807, 2.05) is 103 Å². The smallest absolute Gasteiger partial charge is 0.408 e. The van der Waals surface area contributed by atoms with Crippen molar-refractivity contribution in [3.63, 3.8) is 0 Å². The molecule has 0 radical (unpaired) electrons. The first-order chi connectivity index (χ1) is 27.2. The fourth-order valence-electron chi connectivity index (χ4n) is 6.64. The van der Waals surface area contributed by atoms with Gasteiger partial charge in [0, 0.05) is 22.6 Å². The number of amides is 3. The lowest BCUT2D eigenvalue weighted by Gasteiger charge is -2.36. The summed E-state index contributed by atoms with van der Waals surface area (Å²) in [6.45, 7) is 0.0655. The highest BCUT2D eigenvalue weighted by molar-refractivity contribution is 7.99. The Bertz CT molecular complexity index is 2160. The second-order valence-corrected chi connectivity index (χ2v) is 14.7. The summed E-state index contributed by atoms with van der Waals surface area (Å²) in [5, 5.41) is 21.3. The number of ether oxygens (including phenoxy) is 3. The number of rotatable bonds is 13. The van der Waals surface area contributed by atoms with Crippen LogP contribution in [0.5, 0.6) is 0 Å². The van der Waals surface area contributed by atoms with Gasteiger partial charge in [-0.3, -0.25) is 14.5 Å². The number of alkyl carbamates (subject to hydrolysis) is 1. The summed E-state index contributed by atoms with van der Waals surface area (Å²) in [5.74, 6) is -1.20. The minimum atomic E-state index is -0.992. The Morgan fingerprint density at radius 1 is 0.786 bits per heavy atom. The minimum Gasteiger partial charge on any atom is -0.478 e. The summed E-state index contributed by atoms with van der Waals surface area (Å²) in [4.78, 5) is 51.8. The van der Waals surface area contributed by atoms with E-state index in [-0.39, 0.29) is 49.9 Å². The number of benzene rings is 5. The van der Waals surface area contributed by atoms with Crippen LogP contribution < -0.4 is 5.32 Å². The molecule has 5 aromatic rings. The van der Waals surface area contributed by atoms with Gasteiger partial charge in [0.05, 0.1) is 37.3 Å². The van der Waals surface area contributed by atoms with Gasteiger partial charge in [0.25, 0.3) is 5.91 Å². The number of aliphatic hydroxyl groups is 1. The van der Waals surface area contributed by atoms with E-state index >= 15 is 0 Å². The third-order valence-electron chi connectivity index (χ3n) is 9.68. The first-order valence-corrected chi connectivity index (χ1v) is 19.2. The van der Waals surface area contributed by atoms with E-state index in [0.29, 0.717) is 12.2 Å². The predicted octanol–water partition coefficient (Wildman–Crippen LogP) is 7.44. The number of aromatic carboxylic acids is 1. The highest BCUT2D eigenvalue weighted by Gasteiger charge is 2.40. The van der Waals surface area contributed by atoms with Crippen molar-refractivity contribution < 1.29 is 43.6 Å². The molecule has 2 aliphatic heterocycles. The first-order valence-electron chi connectivity index (χ1n) is 18.2. The van der Waals surface area contributed by atoms with Crippen molar-refractivity contribution in [3.05, 3.63) is 161 Å². The summed E-state index contributed by atoms with van der Waals surface area (Å²) < 4.78 is 18.3. The van der Waals surface area contributed by atoms with E-state index in [2.05, 4.69) is 5.32 Å². The maximum Gasteiger partial charge on any atom is 0.408 e. The van der Waals surface area contributed by atoms with Crippen LogP contribution in [0.15, 0.2) is 132 Å². The Labute approximate surface area is 328 Å². The molecule has 56 heavy (non-hydrogen) atoms. The minimum absolute atomic E-state index is 0.0485. The zero-order valence-corrected chi connectivity index (χ0v) is 31.1. The molecule has 11 nitrogen and oxygen atoms in total. The number of nitrogens with zero attached hydrogens (tertiary/aromatic N) is 1. The third-order valence-corrected chi connectivity index (χ3v) is 10.8. The average Bonchev–Trinajstić information content (AvgIpc) is 3.49. The molecule has 0 spiro atoms. The summed E-state index contributed by atoms with van der Waals surface area (Å²) >= 11 is 1.59. The van der Waals surface area contributed by atoms with Crippen LogP contribution in [0.4, 0.5) is 4.79 Å². The molecule has 5 aromatic carbocycles. The van der Waals surface area contributed by atoms with Crippen LogP contribution in [0.3, 0.4) is 0 Å². The van der Waals surface area contributed by atoms with Crippen molar-refractivity contribution in [2.45, 2.75) is 62.0 Å². The van der Waals surface area contributed by atoms with Crippen molar-refractivity contribution in [3.8, 4) is 11.1 Å². The number of carboxylic acid groups (broad SMARTS) is 1. The molecular formula is C44H40N2O9S. The van der Waals surface area contributed by atoms with Crippen LogP contribution >= 0.6 is 11.8 Å². The van der Waals surface area contributed by atoms with E-state index in [9.17, 15) is 29.4 Å². The lowest BCUT2D eigenvalue weighted by atomic mass is 9.99. The van der Waals surface area contributed by atoms with Crippen LogP contribution in [0.25, 0.3) is 11.1 Å². The number of thioether (sulfide) groups is 1. The molecule has 0 saturated carbocycles. The van der Waals surface area contributed by atoms with Gasteiger partial charge in [0.2, 0.25) is 5.91 Å². The molecule has 12 heteroatoms. The lowest BCUT2D eigenvalue weighted by molar-refractivity contribution is -0.245. The first kappa shape index (κ1) is 38.5. The van der Waals surface area contributed by atoms with Gasteiger partial charge in [-0.2, -0.15) is 0 Å². The van der Waals surface area contributed by atoms with Crippen LogP contribution in [-0.2, 0) is 43.6 Å². The monoisotopic (exact) mass is 772 g/mol. The van der Waals surface area contributed by atoms with E-state index in [0.717, 1.165) is 48.7 Å². The normalized spacial score (nSPS) is 19.5.